The fourth-order valence-corrected chi connectivity index (χ4v) is 1.22. The summed E-state index contributed by atoms with van der Waals surface area (Å²) in [6, 6.07) is 0.137. The predicted octanol–water partition coefficient (Wildman–Crippen LogP) is 1.85. The van der Waals surface area contributed by atoms with Crippen LogP contribution in [-0.2, 0) is 4.79 Å². The van der Waals surface area contributed by atoms with Gasteiger partial charge in [-0.25, -0.2) is 0 Å². The molecule has 0 aromatic heterocycles. The van der Waals surface area contributed by atoms with Crippen LogP contribution in [0.4, 0.5) is 0 Å². The molecule has 0 rings (SSSR count). The Morgan fingerprint density at radius 2 is 1.93 bits per heavy atom. The van der Waals surface area contributed by atoms with E-state index in [4.69, 9.17) is 18.0 Å². The summed E-state index contributed by atoms with van der Waals surface area (Å²) in [7, 11) is 0. The Bertz CT molecular complexity index is 253. The first kappa shape index (κ1) is 14.4. The highest BCUT2D eigenvalue weighted by Crippen LogP contribution is 2.22. The molecule has 2 atom stereocenters. The summed E-state index contributed by atoms with van der Waals surface area (Å²) < 4.78 is 0. The van der Waals surface area contributed by atoms with E-state index < -0.39 is 5.41 Å². The Labute approximate surface area is 97.8 Å². The smallest absolute Gasteiger partial charge is 0.232 e. The Balaban J connectivity index is 4.62. The first-order chi connectivity index (χ1) is 6.75. The van der Waals surface area contributed by atoms with Crippen molar-refractivity contribution < 1.29 is 4.79 Å². The van der Waals surface area contributed by atoms with Crippen LogP contribution in [0.5, 0.6) is 0 Å². The van der Waals surface area contributed by atoms with E-state index >= 15 is 0 Å². The lowest BCUT2D eigenvalue weighted by Crippen LogP contribution is -2.50. The minimum Gasteiger partial charge on any atom is -0.392 e. The first-order valence-electron chi connectivity index (χ1n) is 5.36. The lowest BCUT2D eigenvalue weighted by Gasteiger charge is -2.28. The second kappa shape index (κ2) is 5.45. The molecule has 0 radical (unpaired) electrons. The maximum absolute atomic E-state index is 12.0. The summed E-state index contributed by atoms with van der Waals surface area (Å²) in [5.41, 5.74) is 4.88. The van der Waals surface area contributed by atoms with Gasteiger partial charge in [0.1, 0.15) is 0 Å². The van der Waals surface area contributed by atoms with E-state index in [9.17, 15) is 4.79 Å². The third-order valence-corrected chi connectivity index (χ3v) is 3.56. The normalized spacial score (nSPS) is 16.9. The monoisotopic (exact) mass is 230 g/mol. The quantitative estimate of drug-likeness (QED) is 0.709. The fourth-order valence-electron chi connectivity index (χ4n) is 0.979. The highest BCUT2D eigenvalue weighted by Gasteiger charge is 2.35. The molecule has 0 saturated heterocycles. The zero-order valence-electron chi connectivity index (χ0n) is 10.3. The fraction of sp³-hybridized carbons (Fsp3) is 0.818. The summed E-state index contributed by atoms with van der Waals surface area (Å²) >= 11 is 4.94. The lowest BCUT2D eigenvalue weighted by molar-refractivity contribution is -0.127. The maximum Gasteiger partial charge on any atom is 0.232 e. The van der Waals surface area contributed by atoms with Crippen LogP contribution in [0.15, 0.2) is 0 Å². The van der Waals surface area contributed by atoms with Crippen LogP contribution in [-0.4, -0.2) is 16.9 Å². The van der Waals surface area contributed by atoms with Crippen molar-refractivity contribution in [2.75, 3.05) is 0 Å². The van der Waals surface area contributed by atoms with E-state index in [1.165, 1.54) is 0 Å². The van der Waals surface area contributed by atoms with Crippen LogP contribution in [0.2, 0.25) is 0 Å². The Morgan fingerprint density at radius 3 is 2.20 bits per heavy atom. The van der Waals surface area contributed by atoms with Crippen LogP contribution in [0, 0.1) is 11.3 Å². The van der Waals surface area contributed by atoms with Gasteiger partial charge in [-0.05, 0) is 26.2 Å². The van der Waals surface area contributed by atoms with Gasteiger partial charge in [0, 0.05) is 6.04 Å². The van der Waals surface area contributed by atoms with Gasteiger partial charge in [0.15, 0.2) is 0 Å². The molecule has 0 saturated carbocycles. The number of nitrogens with one attached hydrogen (secondary N) is 1. The average Bonchev–Trinajstić information content (AvgIpc) is 2.15. The van der Waals surface area contributed by atoms with Crippen molar-refractivity contribution in [2.24, 2.45) is 17.1 Å². The molecular weight excluding hydrogens is 208 g/mol. The van der Waals surface area contributed by atoms with Crippen molar-refractivity contribution in [2.45, 2.75) is 47.1 Å². The molecule has 1 amide bonds. The van der Waals surface area contributed by atoms with Crippen molar-refractivity contribution >= 4 is 23.1 Å². The third kappa shape index (κ3) is 3.45. The van der Waals surface area contributed by atoms with E-state index in [0.717, 1.165) is 0 Å². The number of nitrogens with two attached hydrogens (primary N) is 1. The average molecular weight is 230 g/mol. The van der Waals surface area contributed by atoms with E-state index in [1.54, 1.807) is 6.92 Å². The summed E-state index contributed by atoms with van der Waals surface area (Å²) in [5, 5.41) is 2.95. The summed E-state index contributed by atoms with van der Waals surface area (Å²) in [5.74, 6) is 0.333. The lowest BCUT2D eigenvalue weighted by atomic mass is 9.86. The second-order valence-corrected chi connectivity index (χ2v) is 5.00. The zero-order chi connectivity index (χ0) is 12.2. The zero-order valence-corrected chi connectivity index (χ0v) is 11.1. The van der Waals surface area contributed by atoms with Crippen LogP contribution >= 0.6 is 12.2 Å². The highest BCUT2D eigenvalue weighted by molar-refractivity contribution is 7.80. The number of amides is 1. The Hall–Kier alpha value is -0.640. The van der Waals surface area contributed by atoms with E-state index in [2.05, 4.69) is 19.2 Å². The molecule has 0 aliphatic rings. The summed E-state index contributed by atoms with van der Waals surface area (Å²) in [4.78, 5) is 12.2. The van der Waals surface area contributed by atoms with Gasteiger partial charge in [0.2, 0.25) is 5.91 Å². The van der Waals surface area contributed by atoms with Crippen molar-refractivity contribution in [3.05, 3.63) is 0 Å². The molecule has 0 aromatic carbocycles. The van der Waals surface area contributed by atoms with Gasteiger partial charge in [0.25, 0.3) is 0 Å². The Morgan fingerprint density at radius 1 is 1.47 bits per heavy atom. The standard InChI is InChI=1S/C11H22N2OS/c1-6-11(5,9(12)15)10(14)13-8(4)7(2)3/h7-8H,6H2,1-5H3,(H2,12,15)(H,13,14). The molecule has 3 nitrogen and oxygen atoms in total. The third-order valence-electron chi connectivity index (χ3n) is 3.11. The molecule has 88 valence electrons. The number of carbonyl (C=O) groups is 1. The van der Waals surface area contributed by atoms with Gasteiger partial charge in [-0.2, -0.15) is 0 Å². The molecule has 0 spiro atoms. The van der Waals surface area contributed by atoms with E-state index in [0.29, 0.717) is 12.3 Å². The molecule has 4 heteroatoms. The van der Waals surface area contributed by atoms with Crippen molar-refractivity contribution in [3.63, 3.8) is 0 Å². The van der Waals surface area contributed by atoms with Gasteiger partial charge in [-0.1, -0.05) is 33.0 Å². The van der Waals surface area contributed by atoms with Crippen LogP contribution in [0.3, 0.4) is 0 Å². The van der Waals surface area contributed by atoms with E-state index in [-0.39, 0.29) is 16.9 Å². The van der Waals surface area contributed by atoms with Crippen molar-refractivity contribution in [1.82, 2.24) is 5.32 Å². The molecular formula is C11H22N2OS. The van der Waals surface area contributed by atoms with Gasteiger partial charge in [-0.15, -0.1) is 0 Å². The summed E-state index contributed by atoms with van der Waals surface area (Å²) in [6.07, 6.45) is 0.624. The van der Waals surface area contributed by atoms with Gasteiger partial charge >= 0.3 is 0 Å². The minimum atomic E-state index is -0.724. The van der Waals surface area contributed by atoms with Crippen LogP contribution in [0.1, 0.15) is 41.0 Å². The van der Waals surface area contributed by atoms with Crippen molar-refractivity contribution in [1.29, 1.82) is 0 Å². The van der Waals surface area contributed by atoms with E-state index in [1.807, 2.05) is 13.8 Å². The number of hydrogen-bond acceptors (Lipinski definition) is 2. The molecule has 0 bridgehead atoms. The Kier molecular flexibility index (Phi) is 5.21. The molecule has 0 fully saturated rings. The number of thiocarbonyl (C=S) groups is 1. The first-order valence-corrected chi connectivity index (χ1v) is 5.77. The predicted molar refractivity (Wildman–Crippen MR) is 67.6 cm³/mol. The largest absolute Gasteiger partial charge is 0.392 e. The van der Waals surface area contributed by atoms with Crippen LogP contribution < -0.4 is 11.1 Å². The molecule has 2 unspecified atom stereocenters. The number of rotatable bonds is 5. The molecule has 0 heterocycles. The van der Waals surface area contributed by atoms with Gasteiger partial charge in [-0.3, -0.25) is 4.79 Å². The van der Waals surface area contributed by atoms with Gasteiger partial charge < -0.3 is 11.1 Å². The molecule has 0 aliphatic carbocycles. The maximum atomic E-state index is 12.0. The SMILES string of the molecule is CCC(C)(C(=O)NC(C)C(C)C)C(N)=S. The number of hydrogen-bond donors (Lipinski definition) is 2. The van der Waals surface area contributed by atoms with Gasteiger partial charge in [0.05, 0.1) is 10.4 Å². The molecule has 3 N–H and O–H groups in total. The second-order valence-electron chi connectivity index (χ2n) is 4.56. The molecule has 0 aliphatic heterocycles. The highest BCUT2D eigenvalue weighted by atomic mass is 32.1. The minimum absolute atomic E-state index is 0.0706. The number of carbonyl (C=O) groups excluding carboxylic acids is 1. The molecule has 0 aromatic rings. The summed E-state index contributed by atoms with van der Waals surface area (Å²) in [6.45, 7) is 9.82. The van der Waals surface area contributed by atoms with Crippen molar-refractivity contribution in [3.8, 4) is 0 Å². The molecule has 15 heavy (non-hydrogen) atoms. The topological polar surface area (TPSA) is 55.1 Å². The van der Waals surface area contributed by atoms with Crippen LogP contribution in [0.25, 0.3) is 0 Å².